The Morgan fingerprint density at radius 3 is 2.67 bits per heavy atom. The van der Waals surface area contributed by atoms with Gasteiger partial charge in [-0.25, -0.2) is 4.39 Å². The van der Waals surface area contributed by atoms with Crippen molar-refractivity contribution in [2.24, 2.45) is 0 Å². The fourth-order valence-corrected chi connectivity index (χ4v) is 0.995. The third-order valence-corrected chi connectivity index (χ3v) is 1.63. The van der Waals surface area contributed by atoms with Crippen LogP contribution >= 0.6 is 0 Å². The van der Waals surface area contributed by atoms with Gasteiger partial charge >= 0.3 is 11.8 Å². The molecule has 1 aromatic carbocycles. The Bertz CT molecular complexity index is 379. The first-order valence-electron chi connectivity index (χ1n) is 4.48. The van der Waals surface area contributed by atoms with E-state index in [0.717, 1.165) is 6.07 Å². The van der Waals surface area contributed by atoms with Gasteiger partial charge in [-0.3, -0.25) is 9.59 Å². The van der Waals surface area contributed by atoms with Crippen molar-refractivity contribution in [2.45, 2.75) is 6.92 Å². The van der Waals surface area contributed by atoms with Gasteiger partial charge in [-0.05, 0) is 25.1 Å². The molecule has 0 unspecified atom stereocenters. The van der Waals surface area contributed by atoms with E-state index < -0.39 is 17.6 Å². The van der Waals surface area contributed by atoms with E-state index in [2.05, 4.69) is 10.6 Å². The van der Waals surface area contributed by atoms with Crippen LogP contribution in [0.3, 0.4) is 0 Å². The lowest BCUT2D eigenvalue weighted by Crippen LogP contribution is -2.35. The molecule has 0 spiro atoms. The summed E-state index contributed by atoms with van der Waals surface area (Å²) in [6.07, 6.45) is 0. The molecular weight excluding hydrogens is 199 g/mol. The molecule has 0 aliphatic carbocycles. The zero-order valence-corrected chi connectivity index (χ0v) is 8.21. The predicted molar refractivity (Wildman–Crippen MR) is 53.7 cm³/mol. The fourth-order valence-electron chi connectivity index (χ4n) is 0.995. The molecule has 0 fully saturated rings. The Labute approximate surface area is 86.5 Å². The van der Waals surface area contributed by atoms with E-state index >= 15 is 0 Å². The lowest BCUT2D eigenvalue weighted by atomic mass is 10.3. The summed E-state index contributed by atoms with van der Waals surface area (Å²) in [6.45, 7) is 2.07. The molecule has 1 rings (SSSR count). The summed E-state index contributed by atoms with van der Waals surface area (Å²) in [5.41, 5.74) is 0.256. The van der Waals surface area contributed by atoms with Crippen molar-refractivity contribution in [1.29, 1.82) is 0 Å². The molecule has 1 aromatic rings. The van der Waals surface area contributed by atoms with Crippen LogP contribution in [0.1, 0.15) is 6.92 Å². The summed E-state index contributed by atoms with van der Waals surface area (Å²) in [5.74, 6) is -2.01. The first kappa shape index (κ1) is 11.2. The normalized spacial score (nSPS) is 9.47. The molecule has 2 amide bonds. The topological polar surface area (TPSA) is 58.2 Å². The quantitative estimate of drug-likeness (QED) is 0.712. The third kappa shape index (κ3) is 3.38. The highest BCUT2D eigenvalue weighted by Gasteiger charge is 2.11. The highest BCUT2D eigenvalue weighted by Crippen LogP contribution is 2.08. The number of anilines is 1. The van der Waals surface area contributed by atoms with Crippen molar-refractivity contribution < 1.29 is 14.0 Å². The molecule has 0 atom stereocenters. The van der Waals surface area contributed by atoms with E-state index in [9.17, 15) is 14.0 Å². The van der Waals surface area contributed by atoms with Crippen LogP contribution in [0.5, 0.6) is 0 Å². The average Bonchev–Trinajstić information content (AvgIpc) is 2.18. The minimum Gasteiger partial charge on any atom is -0.348 e. The Morgan fingerprint density at radius 1 is 1.33 bits per heavy atom. The number of carbonyl (C=O) groups excluding carboxylic acids is 2. The van der Waals surface area contributed by atoms with Gasteiger partial charge in [0.2, 0.25) is 0 Å². The van der Waals surface area contributed by atoms with Gasteiger partial charge in [0.1, 0.15) is 5.82 Å². The standard InChI is InChI=1S/C10H11FN2O2/c1-2-12-9(14)10(15)13-8-5-3-4-7(11)6-8/h3-6H,2H2,1H3,(H,12,14)(H,13,15). The van der Waals surface area contributed by atoms with E-state index in [1.165, 1.54) is 18.2 Å². The van der Waals surface area contributed by atoms with Gasteiger partial charge in [-0.2, -0.15) is 0 Å². The lowest BCUT2D eigenvalue weighted by molar-refractivity contribution is -0.136. The van der Waals surface area contributed by atoms with Crippen LogP contribution in [0, 0.1) is 5.82 Å². The fraction of sp³-hybridized carbons (Fsp3) is 0.200. The molecule has 15 heavy (non-hydrogen) atoms. The Kier molecular flexibility index (Phi) is 3.79. The first-order chi connectivity index (χ1) is 7.13. The summed E-state index contributed by atoms with van der Waals surface area (Å²) in [7, 11) is 0. The SMILES string of the molecule is CCNC(=O)C(=O)Nc1cccc(F)c1. The van der Waals surface area contributed by atoms with E-state index in [0.29, 0.717) is 6.54 Å². The second kappa shape index (κ2) is 5.09. The molecule has 0 radical (unpaired) electrons. The monoisotopic (exact) mass is 210 g/mol. The molecule has 0 saturated carbocycles. The second-order valence-electron chi connectivity index (χ2n) is 2.82. The van der Waals surface area contributed by atoms with Crippen LogP contribution in [0.25, 0.3) is 0 Å². The van der Waals surface area contributed by atoms with E-state index in [4.69, 9.17) is 0 Å². The van der Waals surface area contributed by atoms with Gasteiger partial charge in [0, 0.05) is 12.2 Å². The highest BCUT2D eigenvalue weighted by atomic mass is 19.1. The predicted octanol–water partition coefficient (Wildman–Crippen LogP) is 0.900. The van der Waals surface area contributed by atoms with Crippen LogP contribution in [0.2, 0.25) is 0 Å². The van der Waals surface area contributed by atoms with Gasteiger partial charge in [-0.1, -0.05) is 6.07 Å². The Hall–Kier alpha value is -1.91. The van der Waals surface area contributed by atoms with Crippen molar-refractivity contribution in [3.8, 4) is 0 Å². The summed E-state index contributed by atoms with van der Waals surface area (Å²) >= 11 is 0. The third-order valence-electron chi connectivity index (χ3n) is 1.63. The molecule has 0 aliphatic heterocycles. The van der Waals surface area contributed by atoms with Crippen molar-refractivity contribution >= 4 is 17.5 Å². The van der Waals surface area contributed by atoms with Gasteiger partial charge in [0.25, 0.3) is 0 Å². The summed E-state index contributed by atoms with van der Waals surface area (Å²) < 4.78 is 12.7. The number of benzene rings is 1. The summed E-state index contributed by atoms with van der Waals surface area (Å²) in [6, 6.07) is 5.34. The summed E-state index contributed by atoms with van der Waals surface area (Å²) in [4.78, 5) is 22.2. The molecule has 0 heterocycles. The number of likely N-dealkylation sites (N-methyl/N-ethyl adjacent to an activating group) is 1. The molecule has 4 nitrogen and oxygen atoms in total. The first-order valence-corrected chi connectivity index (χ1v) is 4.48. The number of amides is 2. The number of hydrogen-bond donors (Lipinski definition) is 2. The Balaban J connectivity index is 2.62. The number of halogens is 1. The minimum atomic E-state index is -0.803. The summed E-state index contributed by atoms with van der Waals surface area (Å²) in [5, 5.41) is 4.61. The zero-order chi connectivity index (χ0) is 11.3. The molecule has 0 aliphatic rings. The van der Waals surface area contributed by atoms with E-state index in [1.807, 2.05) is 0 Å². The molecule has 80 valence electrons. The lowest BCUT2D eigenvalue weighted by Gasteiger charge is -2.04. The minimum absolute atomic E-state index is 0.256. The molecular formula is C10H11FN2O2. The molecule has 5 heteroatoms. The maximum Gasteiger partial charge on any atom is 0.313 e. The molecule has 0 aromatic heterocycles. The smallest absolute Gasteiger partial charge is 0.313 e. The van der Waals surface area contributed by atoms with Gasteiger partial charge < -0.3 is 10.6 Å². The number of rotatable bonds is 2. The van der Waals surface area contributed by atoms with Crippen molar-refractivity contribution in [3.63, 3.8) is 0 Å². The number of nitrogens with one attached hydrogen (secondary N) is 2. The molecule has 0 bridgehead atoms. The van der Waals surface area contributed by atoms with Crippen LogP contribution < -0.4 is 10.6 Å². The number of carbonyl (C=O) groups is 2. The van der Waals surface area contributed by atoms with Crippen molar-refractivity contribution in [1.82, 2.24) is 5.32 Å². The maximum atomic E-state index is 12.7. The molecule has 2 N–H and O–H groups in total. The Morgan fingerprint density at radius 2 is 2.07 bits per heavy atom. The van der Waals surface area contributed by atoms with Crippen LogP contribution in [0.4, 0.5) is 10.1 Å². The zero-order valence-electron chi connectivity index (χ0n) is 8.21. The number of hydrogen-bond acceptors (Lipinski definition) is 2. The largest absolute Gasteiger partial charge is 0.348 e. The van der Waals surface area contributed by atoms with E-state index in [-0.39, 0.29) is 5.69 Å². The van der Waals surface area contributed by atoms with Crippen LogP contribution in [0.15, 0.2) is 24.3 Å². The van der Waals surface area contributed by atoms with Crippen LogP contribution in [-0.2, 0) is 9.59 Å². The van der Waals surface area contributed by atoms with E-state index in [1.54, 1.807) is 6.92 Å². The maximum absolute atomic E-state index is 12.7. The van der Waals surface area contributed by atoms with Gasteiger partial charge in [0.05, 0.1) is 0 Å². The van der Waals surface area contributed by atoms with Crippen molar-refractivity contribution in [2.75, 3.05) is 11.9 Å². The van der Waals surface area contributed by atoms with Crippen molar-refractivity contribution in [3.05, 3.63) is 30.1 Å². The van der Waals surface area contributed by atoms with Crippen LogP contribution in [-0.4, -0.2) is 18.4 Å². The van der Waals surface area contributed by atoms with Gasteiger partial charge in [-0.15, -0.1) is 0 Å². The molecule has 0 saturated heterocycles. The van der Waals surface area contributed by atoms with Gasteiger partial charge in [0.15, 0.2) is 0 Å². The highest BCUT2D eigenvalue weighted by molar-refractivity contribution is 6.39. The second-order valence-corrected chi connectivity index (χ2v) is 2.82. The average molecular weight is 210 g/mol.